The van der Waals surface area contributed by atoms with Crippen LogP contribution in [0, 0.1) is 0 Å². The average Bonchev–Trinajstić information content (AvgIpc) is 2.62. The van der Waals surface area contributed by atoms with Gasteiger partial charge in [0.2, 0.25) is 5.91 Å². The summed E-state index contributed by atoms with van der Waals surface area (Å²) in [5, 5.41) is 8.47. The number of hydrogen-bond donors (Lipinski definition) is 3. The first-order valence-electron chi connectivity index (χ1n) is 9.10. The molecular formula is C21H25N3O2. The highest BCUT2D eigenvalue weighted by molar-refractivity contribution is 5.89. The van der Waals surface area contributed by atoms with Crippen LogP contribution in [0.4, 0.5) is 10.5 Å². The van der Waals surface area contributed by atoms with Crippen LogP contribution < -0.4 is 16.0 Å². The Morgan fingerprint density at radius 1 is 0.885 bits per heavy atom. The van der Waals surface area contributed by atoms with Crippen molar-refractivity contribution in [3.05, 3.63) is 66.2 Å². The molecule has 0 aromatic heterocycles. The minimum Gasteiger partial charge on any atom is -0.355 e. The summed E-state index contributed by atoms with van der Waals surface area (Å²) < 4.78 is 0. The molecule has 0 radical (unpaired) electrons. The summed E-state index contributed by atoms with van der Waals surface area (Å²) in [7, 11) is 0. The Bertz CT molecular complexity index is 727. The highest BCUT2D eigenvalue weighted by Crippen LogP contribution is 2.43. The van der Waals surface area contributed by atoms with Gasteiger partial charge < -0.3 is 16.0 Å². The quantitative estimate of drug-likeness (QED) is 0.715. The molecule has 1 aliphatic carbocycles. The standard InChI is InChI=1S/C21H25N3O2/c25-19(12-15-22-20(26)24-18-10-5-2-6-11-18)23-16-21(13-7-14-21)17-8-3-1-4-9-17/h1-6,8-11H,7,12-16H2,(H,23,25)(H2,22,24,26). The summed E-state index contributed by atoms with van der Waals surface area (Å²) in [5.74, 6) is -0.0350. The number of anilines is 1. The number of benzene rings is 2. The van der Waals surface area contributed by atoms with Crippen molar-refractivity contribution >= 4 is 17.6 Å². The normalized spacial score (nSPS) is 14.8. The van der Waals surface area contributed by atoms with Gasteiger partial charge in [0.15, 0.2) is 0 Å². The molecule has 1 aliphatic rings. The molecule has 3 rings (SSSR count). The first kappa shape index (κ1) is 18.0. The maximum Gasteiger partial charge on any atom is 0.319 e. The highest BCUT2D eigenvalue weighted by atomic mass is 16.2. The summed E-state index contributed by atoms with van der Waals surface area (Å²) in [6.07, 6.45) is 3.68. The number of carbonyl (C=O) groups excluding carboxylic acids is 2. The fraction of sp³-hybridized carbons (Fsp3) is 0.333. The van der Waals surface area contributed by atoms with E-state index in [9.17, 15) is 9.59 Å². The molecule has 3 amide bonds. The van der Waals surface area contributed by atoms with Crippen LogP contribution in [0.1, 0.15) is 31.2 Å². The molecule has 26 heavy (non-hydrogen) atoms. The van der Waals surface area contributed by atoms with Crippen molar-refractivity contribution in [3.8, 4) is 0 Å². The Kier molecular flexibility index (Phi) is 5.89. The molecule has 0 atom stereocenters. The summed E-state index contributed by atoms with van der Waals surface area (Å²) in [6.45, 7) is 0.967. The molecule has 0 bridgehead atoms. The highest BCUT2D eigenvalue weighted by Gasteiger charge is 2.38. The first-order chi connectivity index (χ1) is 12.7. The lowest BCUT2D eigenvalue weighted by Gasteiger charge is -2.42. The molecule has 2 aromatic rings. The number of nitrogens with one attached hydrogen (secondary N) is 3. The van der Waals surface area contributed by atoms with Gasteiger partial charge in [0.25, 0.3) is 0 Å². The largest absolute Gasteiger partial charge is 0.355 e. The minimum absolute atomic E-state index is 0.0350. The fourth-order valence-corrected chi connectivity index (χ4v) is 3.31. The van der Waals surface area contributed by atoms with Crippen LogP contribution in [-0.2, 0) is 10.2 Å². The second kappa shape index (κ2) is 8.52. The van der Waals surface area contributed by atoms with E-state index in [0.717, 1.165) is 18.5 Å². The summed E-state index contributed by atoms with van der Waals surface area (Å²) in [6, 6.07) is 19.3. The van der Waals surface area contributed by atoms with E-state index >= 15 is 0 Å². The van der Waals surface area contributed by atoms with Gasteiger partial charge in [-0.15, -0.1) is 0 Å². The maximum atomic E-state index is 12.1. The van der Waals surface area contributed by atoms with Gasteiger partial charge in [0.05, 0.1) is 0 Å². The molecule has 5 heteroatoms. The number of rotatable bonds is 7. The minimum atomic E-state index is -0.302. The molecule has 1 fully saturated rings. The van der Waals surface area contributed by atoms with Crippen molar-refractivity contribution in [3.63, 3.8) is 0 Å². The average molecular weight is 351 g/mol. The molecule has 0 aliphatic heterocycles. The molecule has 1 saturated carbocycles. The van der Waals surface area contributed by atoms with Crippen molar-refractivity contribution in [2.45, 2.75) is 31.1 Å². The van der Waals surface area contributed by atoms with E-state index in [1.165, 1.54) is 12.0 Å². The van der Waals surface area contributed by atoms with Gasteiger partial charge in [-0.3, -0.25) is 4.79 Å². The molecule has 5 nitrogen and oxygen atoms in total. The third kappa shape index (κ3) is 4.63. The van der Waals surface area contributed by atoms with Crippen molar-refractivity contribution in [2.75, 3.05) is 18.4 Å². The van der Waals surface area contributed by atoms with E-state index in [1.807, 2.05) is 48.5 Å². The fourth-order valence-electron chi connectivity index (χ4n) is 3.31. The van der Waals surface area contributed by atoms with E-state index < -0.39 is 0 Å². The summed E-state index contributed by atoms with van der Waals surface area (Å²) in [4.78, 5) is 23.9. The Labute approximate surface area is 154 Å². The van der Waals surface area contributed by atoms with Crippen LogP contribution in [0.15, 0.2) is 60.7 Å². The van der Waals surface area contributed by atoms with Gasteiger partial charge in [-0.1, -0.05) is 55.0 Å². The van der Waals surface area contributed by atoms with Gasteiger partial charge in [0, 0.05) is 30.6 Å². The first-order valence-corrected chi connectivity index (χ1v) is 9.10. The molecule has 0 heterocycles. The number of urea groups is 1. The van der Waals surface area contributed by atoms with Gasteiger partial charge >= 0.3 is 6.03 Å². The maximum absolute atomic E-state index is 12.1. The lowest BCUT2D eigenvalue weighted by atomic mass is 9.64. The molecule has 0 saturated heterocycles. The smallest absolute Gasteiger partial charge is 0.319 e. The van der Waals surface area contributed by atoms with E-state index in [1.54, 1.807) is 0 Å². The SMILES string of the molecule is O=C(CCNC(=O)Nc1ccccc1)NCC1(c2ccccc2)CCC1. The second-order valence-electron chi connectivity index (χ2n) is 6.77. The predicted octanol–water partition coefficient (Wildman–Crippen LogP) is 3.44. The number of carbonyl (C=O) groups is 2. The molecule has 2 aromatic carbocycles. The Morgan fingerprint density at radius 2 is 1.54 bits per heavy atom. The van der Waals surface area contributed by atoms with Crippen molar-refractivity contribution in [1.29, 1.82) is 0 Å². The topological polar surface area (TPSA) is 70.2 Å². The Balaban J connectivity index is 1.38. The third-order valence-corrected chi connectivity index (χ3v) is 4.99. The van der Waals surface area contributed by atoms with Crippen LogP contribution in [-0.4, -0.2) is 25.0 Å². The molecule has 3 N–H and O–H groups in total. The monoisotopic (exact) mass is 351 g/mol. The second-order valence-corrected chi connectivity index (χ2v) is 6.77. The molecule has 0 unspecified atom stereocenters. The summed E-state index contributed by atoms with van der Waals surface area (Å²) in [5.41, 5.74) is 2.10. The van der Waals surface area contributed by atoms with Crippen molar-refractivity contribution in [2.24, 2.45) is 0 Å². The molecule has 0 spiro atoms. The Morgan fingerprint density at radius 3 is 2.15 bits per heavy atom. The van der Waals surface area contributed by atoms with Gasteiger partial charge in [-0.05, 0) is 30.5 Å². The predicted molar refractivity (Wildman–Crippen MR) is 103 cm³/mol. The van der Waals surface area contributed by atoms with Crippen LogP contribution in [0.25, 0.3) is 0 Å². The lowest BCUT2D eigenvalue weighted by molar-refractivity contribution is -0.121. The molecule has 136 valence electrons. The van der Waals surface area contributed by atoms with Gasteiger partial charge in [-0.2, -0.15) is 0 Å². The van der Waals surface area contributed by atoms with Crippen LogP contribution in [0.2, 0.25) is 0 Å². The van der Waals surface area contributed by atoms with E-state index in [4.69, 9.17) is 0 Å². The zero-order valence-corrected chi connectivity index (χ0v) is 14.8. The zero-order chi connectivity index (χ0) is 18.2. The van der Waals surface area contributed by atoms with E-state index in [0.29, 0.717) is 13.1 Å². The van der Waals surface area contributed by atoms with Gasteiger partial charge in [-0.25, -0.2) is 4.79 Å². The number of amides is 3. The summed E-state index contributed by atoms with van der Waals surface area (Å²) >= 11 is 0. The third-order valence-electron chi connectivity index (χ3n) is 4.99. The van der Waals surface area contributed by atoms with Crippen LogP contribution >= 0.6 is 0 Å². The van der Waals surface area contributed by atoms with Crippen LogP contribution in [0.3, 0.4) is 0 Å². The van der Waals surface area contributed by atoms with E-state index in [-0.39, 0.29) is 23.8 Å². The molecular weight excluding hydrogens is 326 g/mol. The van der Waals surface area contributed by atoms with Crippen molar-refractivity contribution in [1.82, 2.24) is 10.6 Å². The number of para-hydroxylation sites is 1. The van der Waals surface area contributed by atoms with E-state index in [2.05, 4.69) is 28.1 Å². The Hall–Kier alpha value is -2.82. The van der Waals surface area contributed by atoms with Crippen molar-refractivity contribution < 1.29 is 9.59 Å². The lowest BCUT2D eigenvalue weighted by Crippen LogP contribution is -2.46. The van der Waals surface area contributed by atoms with Gasteiger partial charge in [0.1, 0.15) is 0 Å². The zero-order valence-electron chi connectivity index (χ0n) is 14.8. The van der Waals surface area contributed by atoms with Crippen LogP contribution in [0.5, 0.6) is 0 Å². The number of hydrogen-bond acceptors (Lipinski definition) is 2.